The third-order valence-corrected chi connectivity index (χ3v) is 5.16. The number of hydrogen-bond donors (Lipinski definition) is 1. The minimum atomic E-state index is -3.51. The fourth-order valence-corrected chi connectivity index (χ4v) is 3.87. The number of benzene rings is 1. The first-order valence-electron chi connectivity index (χ1n) is 6.24. The molecule has 5 nitrogen and oxygen atoms in total. The summed E-state index contributed by atoms with van der Waals surface area (Å²) in [6.07, 6.45) is 1.55. The quantitative estimate of drug-likeness (QED) is 0.906. The normalized spacial score (nSPS) is 16.8. The molecular weight excluding hydrogens is 298 g/mol. The second-order valence-electron chi connectivity index (χ2n) is 4.49. The molecule has 1 aliphatic rings. The fraction of sp³-hybridized carbons (Fsp3) is 0.308. The zero-order valence-corrected chi connectivity index (χ0v) is 12.5. The van der Waals surface area contributed by atoms with Crippen molar-refractivity contribution in [1.82, 2.24) is 14.6 Å². The molecule has 1 aromatic carbocycles. The van der Waals surface area contributed by atoms with Crippen molar-refractivity contribution in [3.05, 3.63) is 36.5 Å². The van der Waals surface area contributed by atoms with Crippen molar-refractivity contribution in [1.29, 1.82) is 0 Å². The Morgan fingerprint density at radius 2 is 1.80 bits per heavy atom. The maximum atomic E-state index is 12.6. The van der Waals surface area contributed by atoms with Crippen molar-refractivity contribution < 1.29 is 8.42 Å². The number of rotatable bonds is 2. The van der Waals surface area contributed by atoms with Crippen LogP contribution in [-0.4, -0.2) is 43.9 Å². The van der Waals surface area contributed by atoms with E-state index >= 15 is 0 Å². The van der Waals surface area contributed by atoms with Gasteiger partial charge in [-0.25, -0.2) is 13.4 Å². The molecule has 108 valence electrons. The van der Waals surface area contributed by atoms with Crippen LogP contribution in [0.1, 0.15) is 0 Å². The highest BCUT2D eigenvalue weighted by Crippen LogP contribution is 2.23. The molecular formula is C13H16ClN3O2S. The highest BCUT2D eigenvalue weighted by atomic mass is 35.5. The predicted octanol–water partition coefficient (Wildman–Crippen LogP) is 1.25. The van der Waals surface area contributed by atoms with Gasteiger partial charge in [-0.1, -0.05) is 24.3 Å². The van der Waals surface area contributed by atoms with Crippen LogP contribution in [0.15, 0.2) is 41.6 Å². The van der Waals surface area contributed by atoms with Crippen LogP contribution in [0.2, 0.25) is 0 Å². The van der Waals surface area contributed by atoms with Crippen LogP contribution in [0.5, 0.6) is 0 Å². The summed E-state index contributed by atoms with van der Waals surface area (Å²) in [7, 11) is -3.51. The molecule has 0 unspecified atom stereocenters. The molecule has 20 heavy (non-hydrogen) atoms. The first-order chi connectivity index (χ1) is 9.19. The number of pyridine rings is 1. The van der Waals surface area contributed by atoms with E-state index in [1.54, 1.807) is 12.3 Å². The van der Waals surface area contributed by atoms with E-state index in [4.69, 9.17) is 0 Å². The molecule has 0 amide bonds. The van der Waals surface area contributed by atoms with Crippen molar-refractivity contribution in [3.8, 4) is 0 Å². The molecule has 1 aromatic heterocycles. The number of nitrogens with zero attached hydrogens (tertiary/aromatic N) is 2. The molecule has 0 spiro atoms. The molecule has 1 saturated heterocycles. The largest absolute Gasteiger partial charge is 0.314 e. The van der Waals surface area contributed by atoms with Gasteiger partial charge in [-0.3, -0.25) is 0 Å². The van der Waals surface area contributed by atoms with Crippen LogP contribution in [-0.2, 0) is 10.0 Å². The number of halogens is 1. The average molecular weight is 314 g/mol. The average Bonchev–Trinajstić information content (AvgIpc) is 2.47. The standard InChI is InChI=1S/C13H15N3O2S.ClH/c17-19(18,16-9-7-14-8-10-16)13-12-4-2-1-3-11(12)5-6-15-13;/h1-6,14H,7-10H2;1H. The van der Waals surface area contributed by atoms with Crippen molar-refractivity contribution in [2.75, 3.05) is 26.2 Å². The summed E-state index contributed by atoms with van der Waals surface area (Å²) in [5.41, 5.74) is 0. The molecule has 1 aliphatic heterocycles. The van der Waals surface area contributed by atoms with E-state index in [1.165, 1.54) is 4.31 Å². The van der Waals surface area contributed by atoms with Gasteiger partial charge < -0.3 is 5.32 Å². The zero-order valence-electron chi connectivity index (χ0n) is 10.8. The summed E-state index contributed by atoms with van der Waals surface area (Å²) in [6.45, 7) is 2.36. The van der Waals surface area contributed by atoms with E-state index in [9.17, 15) is 8.42 Å². The fourth-order valence-electron chi connectivity index (χ4n) is 2.30. The Kier molecular flexibility index (Phi) is 4.59. The number of hydrogen-bond acceptors (Lipinski definition) is 4. The van der Waals surface area contributed by atoms with Gasteiger partial charge in [0.15, 0.2) is 5.03 Å². The third-order valence-electron chi connectivity index (χ3n) is 3.30. The number of nitrogens with one attached hydrogen (secondary N) is 1. The summed E-state index contributed by atoms with van der Waals surface area (Å²) < 4.78 is 26.8. The lowest BCUT2D eigenvalue weighted by Gasteiger charge is -2.26. The van der Waals surface area contributed by atoms with Gasteiger partial charge in [0.1, 0.15) is 0 Å². The van der Waals surface area contributed by atoms with Crippen molar-refractivity contribution >= 4 is 33.2 Å². The van der Waals surface area contributed by atoms with Crippen LogP contribution < -0.4 is 5.32 Å². The van der Waals surface area contributed by atoms with Crippen molar-refractivity contribution in [2.24, 2.45) is 0 Å². The van der Waals surface area contributed by atoms with Gasteiger partial charge >= 0.3 is 0 Å². The molecule has 7 heteroatoms. The Labute approximate surface area is 124 Å². The van der Waals surface area contributed by atoms with Crippen LogP contribution in [0.3, 0.4) is 0 Å². The van der Waals surface area contributed by atoms with E-state index in [-0.39, 0.29) is 17.4 Å². The molecule has 1 N–H and O–H groups in total. The Bertz CT molecular complexity index is 694. The Morgan fingerprint density at radius 3 is 2.55 bits per heavy atom. The summed E-state index contributed by atoms with van der Waals surface area (Å²) in [5, 5.41) is 4.89. The van der Waals surface area contributed by atoms with Gasteiger partial charge in [-0.15, -0.1) is 12.4 Å². The maximum Gasteiger partial charge on any atom is 0.261 e. The predicted molar refractivity (Wildman–Crippen MR) is 80.6 cm³/mol. The second-order valence-corrected chi connectivity index (χ2v) is 6.34. The van der Waals surface area contributed by atoms with Gasteiger partial charge in [-0.05, 0) is 11.5 Å². The molecule has 0 atom stereocenters. The van der Waals surface area contributed by atoms with E-state index in [2.05, 4.69) is 10.3 Å². The van der Waals surface area contributed by atoms with Gasteiger partial charge in [-0.2, -0.15) is 4.31 Å². The second kappa shape index (κ2) is 6.05. The molecule has 0 aliphatic carbocycles. The number of sulfonamides is 1. The smallest absolute Gasteiger partial charge is 0.261 e. The lowest BCUT2D eigenvalue weighted by Crippen LogP contribution is -2.46. The van der Waals surface area contributed by atoms with Gasteiger partial charge in [0.25, 0.3) is 10.0 Å². The lowest BCUT2D eigenvalue weighted by molar-refractivity contribution is 0.359. The number of aromatic nitrogens is 1. The monoisotopic (exact) mass is 313 g/mol. The van der Waals surface area contributed by atoms with E-state index < -0.39 is 10.0 Å². The SMILES string of the molecule is Cl.O=S(=O)(c1nccc2ccccc12)N1CCNCC1. The molecule has 2 heterocycles. The highest BCUT2D eigenvalue weighted by molar-refractivity contribution is 7.89. The molecule has 0 saturated carbocycles. The molecule has 0 bridgehead atoms. The highest BCUT2D eigenvalue weighted by Gasteiger charge is 2.28. The van der Waals surface area contributed by atoms with Crippen molar-refractivity contribution in [2.45, 2.75) is 5.03 Å². The zero-order chi connectivity index (χ0) is 13.3. The minimum Gasteiger partial charge on any atom is -0.314 e. The van der Waals surface area contributed by atoms with Crippen molar-refractivity contribution in [3.63, 3.8) is 0 Å². The number of piperazine rings is 1. The first kappa shape index (κ1) is 15.2. The van der Waals surface area contributed by atoms with Crippen LogP contribution in [0.25, 0.3) is 10.8 Å². The van der Waals surface area contributed by atoms with Gasteiger partial charge in [0.05, 0.1) is 0 Å². The first-order valence-corrected chi connectivity index (χ1v) is 7.68. The summed E-state index contributed by atoms with van der Waals surface area (Å²) in [5.74, 6) is 0. The minimum absolute atomic E-state index is 0. The van der Waals surface area contributed by atoms with Crippen LogP contribution >= 0.6 is 12.4 Å². The van der Waals surface area contributed by atoms with E-state index in [0.29, 0.717) is 31.6 Å². The Balaban J connectivity index is 0.00000147. The number of fused-ring (bicyclic) bond motifs is 1. The molecule has 3 rings (SSSR count). The van der Waals surface area contributed by atoms with Gasteiger partial charge in [0.2, 0.25) is 0 Å². The summed E-state index contributed by atoms with van der Waals surface area (Å²) in [6, 6.07) is 9.25. The molecule has 2 aromatic rings. The Hall–Kier alpha value is -1.21. The summed E-state index contributed by atoms with van der Waals surface area (Å²) >= 11 is 0. The maximum absolute atomic E-state index is 12.6. The van der Waals surface area contributed by atoms with E-state index in [1.807, 2.05) is 24.3 Å². The lowest BCUT2D eigenvalue weighted by atomic mass is 10.2. The molecule has 1 fully saturated rings. The third kappa shape index (κ3) is 2.64. The summed E-state index contributed by atoms with van der Waals surface area (Å²) in [4.78, 5) is 4.10. The van der Waals surface area contributed by atoms with Crippen LogP contribution in [0.4, 0.5) is 0 Å². The topological polar surface area (TPSA) is 62.3 Å². The Morgan fingerprint density at radius 1 is 1.10 bits per heavy atom. The van der Waals surface area contributed by atoms with E-state index in [0.717, 1.165) is 5.39 Å². The van der Waals surface area contributed by atoms with Gasteiger partial charge in [0, 0.05) is 37.8 Å². The van der Waals surface area contributed by atoms with Crippen LogP contribution in [0, 0.1) is 0 Å². The molecule has 0 radical (unpaired) electrons.